The van der Waals surface area contributed by atoms with E-state index in [9.17, 15) is 9.18 Å². The predicted octanol–water partition coefficient (Wildman–Crippen LogP) is 3.61. The molecule has 1 aromatic carbocycles. The zero-order chi connectivity index (χ0) is 18.1. The highest BCUT2D eigenvalue weighted by molar-refractivity contribution is 6.33. The number of hydrogen-bond acceptors (Lipinski definition) is 3. The number of piperidine rings is 1. The van der Waals surface area contributed by atoms with E-state index in [0.29, 0.717) is 23.8 Å². The number of nitrogens with one attached hydrogen (secondary N) is 2. The van der Waals surface area contributed by atoms with Crippen molar-refractivity contribution in [1.82, 2.24) is 25.3 Å². The molecule has 4 rings (SSSR count). The highest BCUT2D eigenvalue weighted by Crippen LogP contribution is 2.33. The van der Waals surface area contributed by atoms with Crippen molar-refractivity contribution in [2.45, 2.75) is 18.8 Å². The molecule has 1 unspecified atom stereocenters. The first-order chi connectivity index (χ1) is 12.6. The van der Waals surface area contributed by atoms with E-state index >= 15 is 0 Å². The Balaban J connectivity index is 1.57. The fourth-order valence-electron chi connectivity index (χ4n) is 3.44. The molecule has 3 heterocycles. The van der Waals surface area contributed by atoms with E-state index in [1.165, 1.54) is 18.3 Å². The monoisotopic (exact) mass is 373 g/mol. The lowest BCUT2D eigenvalue weighted by atomic mass is 9.90. The van der Waals surface area contributed by atoms with Crippen molar-refractivity contribution in [2.75, 3.05) is 13.1 Å². The van der Waals surface area contributed by atoms with Gasteiger partial charge < -0.3 is 4.90 Å². The van der Waals surface area contributed by atoms with Crippen LogP contribution < -0.4 is 0 Å². The molecule has 0 saturated carbocycles. The van der Waals surface area contributed by atoms with Crippen LogP contribution in [0.4, 0.5) is 4.39 Å². The van der Waals surface area contributed by atoms with Gasteiger partial charge in [-0.15, -0.1) is 0 Å². The van der Waals surface area contributed by atoms with Gasteiger partial charge in [0.2, 0.25) is 0 Å². The fraction of sp³-hybridized carbons (Fsp3) is 0.278. The Morgan fingerprint density at radius 2 is 1.96 bits per heavy atom. The third kappa shape index (κ3) is 3.10. The first-order valence-corrected chi connectivity index (χ1v) is 8.78. The van der Waals surface area contributed by atoms with Crippen LogP contribution in [0.3, 0.4) is 0 Å². The van der Waals surface area contributed by atoms with Gasteiger partial charge in [-0.1, -0.05) is 23.7 Å². The number of carbonyl (C=O) groups excluding carboxylic acids is 1. The molecule has 1 aliphatic rings. The van der Waals surface area contributed by atoms with Gasteiger partial charge in [0.1, 0.15) is 11.5 Å². The molecule has 0 aliphatic carbocycles. The molecule has 0 radical (unpaired) electrons. The van der Waals surface area contributed by atoms with E-state index in [1.54, 1.807) is 23.2 Å². The molecule has 6 nitrogen and oxygen atoms in total. The molecule has 1 aliphatic heterocycles. The Morgan fingerprint density at radius 1 is 1.19 bits per heavy atom. The van der Waals surface area contributed by atoms with Gasteiger partial charge >= 0.3 is 0 Å². The normalized spacial score (nSPS) is 17.5. The van der Waals surface area contributed by atoms with Crippen molar-refractivity contribution in [3.63, 3.8) is 0 Å². The van der Waals surface area contributed by atoms with Crippen LogP contribution >= 0.6 is 11.6 Å². The van der Waals surface area contributed by atoms with E-state index < -0.39 is 0 Å². The van der Waals surface area contributed by atoms with Crippen molar-refractivity contribution in [1.29, 1.82) is 0 Å². The van der Waals surface area contributed by atoms with Gasteiger partial charge in [-0.3, -0.25) is 15.0 Å². The van der Waals surface area contributed by atoms with Gasteiger partial charge in [-0.25, -0.2) is 4.39 Å². The highest BCUT2D eigenvalue weighted by Gasteiger charge is 2.29. The predicted molar refractivity (Wildman–Crippen MR) is 95.5 cm³/mol. The molecule has 3 aromatic rings. The molecular formula is C18H17ClFN5O. The van der Waals surface area contributed by atoms with Crippen LogP contribution in [0.5, 0.6) is 0 Å². The third-order valence-corrected chi connectivity index (χ3v) is 5.03. The van der Waals surface area contributed by atoms with Crippen molar-refractivity contribution >= 4 is 17.5 Å². The van der Waals surface area contributed by atoms with Gasteiger partial charge in [-0.05, 0) is 30.5 Å². The second-order valence-corrected chi connectivity index (χ2v) is 6.79. The van der Waals surface area contributed by atoms with E-state index in [2.05, 4.69) is 20.4 Å². The maximum atomic E-state index is 13.2. The fourth-order valence-corrected chi connectivity index (χ4v) is 3.62. The molecule has 1 atom stereocenters. The second-order valence-electron chi connectivity index (χ2n) is 6.39. The summed E-state index contributed by atoms with van der Waals surface area (Å²) in [6.45, 7) is 1.23. The van der Waals surface area contributed by atoms with Gasteiger partial charge in [0.15, 0.2) is 0 Å². The standard InChI is InChI=1S/C18H17ClFN5O/c19-15-9-22-24-17(15)18(26)25-7-1-2-12(10-25)16-14(8-21-23-16)11-3-5-13(20)6-4-11/h3-6,8-9,12H,1-2,7,10H2,(H,21,23)(H,22,24). The summed E-state index contributed by atoms with van der Waals surface area (Å²) in [5.41, 5.74) is 3.11. The number of amides is 1. The summed E-state index contributed by atoms with van der Waals surface area (Å²) >= 11 is 6.02. The maximum absolute atomic E-state index is 13.2. The molecule has 1 amide bonds. The van der Waals surface area contributed by atoms with E-state index in [1.807, 2.05) is 0 Å². The number of rotatable bonds is 3. The van der Waals surface area contributed by atoms with Crippen LogP contribution in [-0.2, 0) is 0 Å². The number of aromatic nitrogens is 4. The lowest BCUT2D eigenvalue weighted by Crippen LogP contribution is -2.39. The van der Waals surface area contributed by atoms with Crippen LogP contribution in [0.2, 0.25) is 5.02 Å². The summed E-state index contributed by atoms with van der Waals surface area (Å²) in [6.07, 6.45) is 4.99. The average Bonchev–Trinajstić information content (AvgIpc) is 3.31. The summed E-state index contributed by atoms with van der Waals surface area (Å²) in [7, 11) is 0. The quantitative estimate of drug-likeness (QED) is 0.736. The molecule has 0 bridgehead atoms. The first-order valence-electron chi connectivity index (χ1n) is 8.41. The molecular weight excluding hydrogens is 357 g/mol. The van der Waals surface area contributed by atoms with Crippen LogP contribution in [0, 0.1) is 5.82 Å². The molecule has 0 spiro atoms. The van der Waals surface area contributed by atoms with Crippen LogP contribution in [0.15, 0.2) is 36.7 Å². The SMILES string of the molecule is O=C(c1[nH]ncc1Cl)N1CCCC(c2[nH]ncc2-c2ccc(F)cc2)C1. The van der Waals surface area contributed by atoms with E-state index in [-0.39, 0.29) is 17.6 Å². The number of aromatic amines is 2. The number of carbonyl (C=O) groups is 1. The topological polar surface area (TPSA) is 77.7 Å². The lowest BCUT2D eigenvalue weighted by molar-refractivity contribution is 0.0700. The number of nitrogens with zero attached hydrogens (tertiary/aromatic N) is 3. The number of halogens is 2. The van der Waals surface area contributed by atoms with Gasteiger partial charge in [0.05, 0.1) is 17.4 Å². The maximum Gasteiger partial charge on any atom is 0.273 e. The molecule has 2 N–H and O–H groups in total. The minimum absolute atomic E-state index is 0.122. The van der Waals surface area contributed by atoms with Crippen LogP contribution in [0.1, 0.15) is 34.9 Å². The van der Waals surface area contributed by atoms with Crippen molar-refractivity contribution < 1.29 is 9.18 Å². The summed E-state index contributed by atoms with van der Waals surface area (Å²) < 4.78 is 13.2. The summed E-state index contributed by atoms with van der Waals surface area (Å²) in [4.78, 5) is 14.5. The number of H-pyrrole nitrogens is 2. The average molecular weight is 374 g/mol. The minimum atomic E-state index is -0.273. The van der Waals surface area contributed by atoms with E-state index in [4.69, 9.17) is 11.6 Å². The third-order valence-electron chi connectivity index (χ3n) is 4.75. The lowest BCUT2D eigenvalue weighted by Gasteiger charge is -2.32. The Bertz CT molecular complexity index is 920. The largest absolute Gasteiger partial charge is 0.337 e. The first kappa shape index (κ1) is 16.8. The Morgan fingerprint density at radius 3 is 2.69 bits per heavy atom. The molecule has 8 heteroatoms. The molecule has 134 valence electrons. The van der Waals surface area contributed by atoms with E-state index in [0.717, 1.165) is 29.7 Å². The zero-order valence-corrected chi connectivity index (χ0v) is 14.6. The molecule has 1 saturated heterocycles. The Labute approximate surface area is 154 Å². The number of hydrogen-bond donors (Lipinski definition) is 2. The highest BCUT2D eigenvalue weighted by atomic mass is 35.5. The van der Waals surface area contributed by atoms with Crippen LogP contribution in [-0.4, -0.2) is 44.3 Å². The summed E-state index contributed by atoms with van der Waals surface area (Å²) in [5, 5.41) is 14.0. The molecule has 1 fully saturated rings. The van der Waals surface area contributed by atoms with Gasteiger partial charge in [0, 0.05) is 30.3 Å². The number of likely N-dealkylation sites (tertiary alicyclic amines) is 1. The Hall–Kier alpha value is -2.67. The van der Waals surface area contributed by atoms with Crippen molar-refractivity contribution in [2.24, 2.45) is 0 Å². The minimum Gasteiger partial charge on any atom is -0.337 e. The molecule has 26 heavy (non-hydrogen) atoms. The smallest absolute Gasteiger partial charge is 0.273 e. The Kier molecular flexibility index (Phi) is 4.46. The van der Waals surface area contributed by atoms with Crippen molar-refractivity contribution in [3.8, 4) is 11.1 Å². The summed E-state index contributed by atoms with van der Waals surface area (Å²) in [6, 6.07) is 6.34. The summed E-state index contributed by atoms with van der Waals surface area (Å²) in [5.74, 6) is -0.304. The van der Waals surface area contributed by atoms with Crippen LogP contribution in [0.25, 0.3) is 11.1 Å². The molecule has 2 aromatic heterocycles. The number of benzene rings is 1. The second kappa shape index (κ2) is 6.92. The van der Waals surface area contributed by atoms with Crippen molar-refractivity contribution in [3.05, 3.63) is 58.9 Å². The zero-order valence-electron chi connectivity index (χ0n) is 13.9. The van der Waals surface area contributed by atoms with Gasteiger partial charge in [0.25, 0.3) is 5.91 Å². The van der Waals surface area contributed by atoms with Gasteiger partial charge in [-0.2, -0.15) is 10.2 Å².